The van der Waals surface area contributed by atoms with E-state index in [1.54, 1.807) is 0 Å². The minimum atomic E-state index is -1.27. The molecule has 18 heavy (non-hydrogen) atoms. The van der Waals surface area contributed by atoms with Crippen LogP contribution in [-0.2, 0) is 0 Å². The number of allylic oxidation sites excluding steroid dienone is 3. The molecule has 0 aromatic heterocycles. The van der Waals surface area contributed by atoms with Crippen molar-refractivity contribution in [3.8, 4) is 0 Å². The van der Waals surface area contributed by atoms with E-state index in [2.05, 4.69) is 80.2 Å². The monoisotopic (exact) mass is 250 g/mol. The first kappa shape index (κ1) is 12.6. The highest BCUT2D eigenvalue weighted by atomic mass is 28.3. The van der Waals surface area contributed by atoms with Crippen LogP contribution >= 0.6 is 0 Å². The minimum Gasteiger partial charge on any atom is -0.0991 e. The van der Waals surface area contributed by atoms with Crippen LogP contribution in [0.3, 0.4) is 0 Å². The van der Waals surface area contributed by atoms with E-state index < -0.39 is 8.80 Å². The second kappa shape index (κ2) is 6.17. The summed E-state index contributed by atoms with van der Waals surface area (Å²) in [6, 6.07) is 21.6. The second-order valence-electron chi connectivity index (χ2n) is 4.40. The van der Waals surface area contributed by atoms with Crippen molar-refractivity contribution >= 4 is 19.2 Å². The molecule has 2 aromatic rings. The molecule has 0 saturated carbocycles. The highest BCUT2D eigenvalue weighted by molar-refractivity contribution is 6.90. The van der Waals surface area contributed by atoms with Gasteiger partial charge in [0, 0.05) is 0 Å². The Morgan fingerprint density at radius 3 is 1.72 bits per heavy atom. The first-order chi connectivity index (χ1) is 8.83. The van der Waals surface area contributed by atoms with Crippen molar-refractivity contribution in [3.05, 3.63) is 84.6 Å². The summed E-state index contributed by atoms with van der Waals surface area (Å²) in [6.45, 7) is 6.04. The highest BCUT2D eigenvalue weighted by Gasteiger charge is 2.16. The van der Waals surface area contributed by atoms with E-state index in [1.807, 2.05) is 6.08 Å². The van der Waals surface area contributed by atoms with Gasteiger partial charge in [-0.25, -0.2) is 0 Å². The van der Waals surface area contributed by atoms with Crippen LogP contribution in [0.2, 0.25) is 0 Å². The fraction of sp³-hybridized carbons (Fsp3) is 0.0588. The Kier molecular flexibility index (Phi) is 4.32. The molecular weight excluding hydrogens is 232 g/mol. The number of benzene rings is 2. The van der Waals surface area contributed by atoms with Gasteiger partial charge >= 0.3 is 0 Å². The van der Waals surface area contributed by atoms with Crippen molar-refractivity contribution in [2.75, 3.05) is 0 Å². The van der Waals surface area contributed by atoms with Crippen LogP contribution < -0.4 is 10.4 Å². The SMILES string of the molecule is C=CC=C(C)[SiH](c1ccccc1)c1ccccc1. The molecule has 0 aliphatic heterocycles. The average molecular weight is 250 g/mol. The van der Waals surface area contributed by atoms with Crippen molar-refractivity contribution in [1.29, 1.82) is 0 Å². The van der Waals surface area contributed by atoms with E-state index in [-0.39, 0.29) is 0 Å². The quantitative estimate of drug-likeness (QED) is 0.578. The molecule has 0 radical (unpaired) electrons. The summed E-state index contributed by atoms with van der Waals surface area (Å²) in [5.74, 6) is 0. The van der Waals surface area contributed by atoms with Crippen LogP contribution in [0.25, 0.3) is 0 Å². The third-order valence-electron chi connectivity index (χ3n) is 3.10. The van der Waals surface area contributed by atoms with Crippen molar-refractivity contribution in [2.24, 2.45) is 0 Å². The minimum absolute atomic E-state index is 1.27. The lowest BCUT2D eigenvalue weighted by molar-refractivity contribution is 1.61. The smallest absolute Gasteiger partial charge is 0.0991 e. The zero-order chi connectivity index (χ0) is 12.8. The number of rotatable bonds is 4. The summed E-state index contributed by atoms with van der Waals surface area (Å²) in [5, 5.41) is 4.36. The van der Waals surface area contributed by atoms with E-state index in [0.717, 1.165) is 0 Å². The zero-order valence-corrected chi connectivity index (χ0v) is 11.9. The Labute approximate surface area is 111 Å². The maximum atomic E-state index is 3.82. The molecule has 0 amide bonds. The Morgan fingerprint density at radius 1 is 0.889 bits per heavy atom. The van der Waals surface area contributed by atoms with E-state index in [1.165, 1.54) is 15.6 Å². The van der Waals surface area contributed by atoms with Gasteiger partial charge in [-0.1, -0.05) is 95.0 Å². The van der Waals surface area contributed by atoms with Crippen molar-refractivity contribution in [3.63, 3.8) is 0 Å². The Morgan fingerprint density at radius 2 is 1.33 bits per heavy atom. The zero-order valence-electron chi connectivity index (χ0n) is 10.7. The van der Waals surface area contributed by atoms with Gasteiger partial charge in [-0.2, -0.15) is 0 Å². The molecule has 0 bridgehead atoms. The van der Waals surface area contributed by atoms with Crippen LogP contribution in [-0.4, -0.2) is 8.80 Å². The lowest BCUT2D eigenvalue weighted by atomic mass is 10.4. The third kappa shape index (κ3) is 2.87. The molecule has 0 fully saturated rings. The maximum absolute atomic E-state index is 3.82. The Hall–Kier alpha value is -1.86. The number of hydrogen-bond acceptors (Lipinski definition) is 0. The normalized spacial score (nSPS) is 11.6. The topological polar surface area (TPSA) is 0 Å². The maximum Gasteiger partial charge on any atom is 0.128 e. The molecule has 0 aliphatic carbocycles. The van der Waals surface area contributed by atoms with Crippen molar-refractivity contribution in [2.45, 2.75) is 6.92 Å². The molecule has 1 heteroatoms. The molecule has 2 rings (SSSR count). The van der Waals surface area contributed by atoms with Gasteiger partial charge in [0.2, 0.25) is 0 Å². The van der Waals surface area contributed by atoms with Gasteiger partial charge in [0.15, 0.2) is 0 Å². The van der Waals surface area contributed by atoms with Crippen LogP contribution in [0, 0.1) is 0 Å². The van der Waals surface area contributed by atoms with E-state index in [9.17, 15) is 0 Å². The van der Waals surface area contributed by atoms with Crippen LogP contribution in [0.4, 0.5) is 0 Å². The highest BCUT2D eigenvalue weighted by Crippen LogP contribution is 2.03. The van der Waals surface area contributed by atoms with E-state index in [0.29, 0.717) is 0 Å². The lowest BCUT2D eigenvalue weighted by Gasteiger charge is -2.17. The van der Waals surface area contributed by atoms with E-state index in [4.69, 9.17) is 0 Å². The molecule has 0 unspecified atom stereocenters. The summed E-state index contributed by atoms with van der Waals surface area (Å²) in [6.07, 6.45) is 4.04. The first-order valence-corrected chi connectivity index (χ1v) is 7.95. The van der Waals surface area contributed by atoms with Gasteiger partial charge in [-0.15, -0.1) is 0 Å². The fourth-order valence-corrected chi connectivity index (χ4v) is 5.27. The Balaban J connectivity index is 2.48. The average Bonchev–Trinajstić information content (AvgIpc) is 2.42. The molecule has 90 valence electrons. The first-order valence-electron chi connectivity index (χ1n) is 6.22. The standard InChI is InChI=1S/C17H18Si/c1-3-10-15(2)18(16-11-6-4-7-12-16)17-13-8-5-9-14-17/h3-14,18H,1H2,2H3. The van der Waals surface area contributed by atoms with Crippen LogP contribution in [0.5, 0.6) is 0 Å². The molecule has 0 N–H and O–H groups in total. The third-order valence-corrected chi connectivity index (χ3v) is 6.31. The molecule has 0 heterocycles. The van der Waals surface area contributed by atoms with Crippen LogP contribution in [0.15, 0.2) is 84.6 Å². The molecule has 0 nitrogen and oxygen atoms in total. The van der Waals surface area contributed by atoms with Gasteiger partial charge in [0.05, 0.1) is 0 Å². The molecule has 2 aromatic carbocycles. The van der Waals surface area contributed by atoms with Gasteiger partial charge in [0.25, 0.3) is 0 Å². The Bertz CT molecular complexity index is 487. The predicted molar refractivity (Wildman–Crippen MR) is 83.3 cm³/mol. The van der Waals surface area contributed by atoms with Gasteiger partial charge in [0.1, 0.15) is 8.80 Å². The fourth-order valence-electron chi connectivity index (χ4n) is 2.29. The summed E-state index contributed by atoms with van der Waals surface area (Å²) in [5.41, 5.74) is 0. The summed E-state index contributed by atoms with van der Waals surface area (Å²) in [7, 11) is -1.27. The lowest BCUT2D eigenvalue weighted by Crippen LogP contribution is -2.43. The van der Waals surface area contributed by atoms with Gasteiger partial charge in [-0.05, 0) is 6.92 Å². The van der Waals surface area contributed by atoms with Gasteiger partial charge in [-0.3, -0.25) is 0 Å². The molecule has 0 saturated heterocycles. The van der Waals surface area contributed by atoms with Crippen molar-refractivity contribution in [1.82, 2.24) is 0 Å². The molecule has 0 atom stereocenters. The molecule has 0 spiro atoms. The second-order valence-corrected chi connectivity index (χ2v) is 7.51. The van der Waals surface area contributed by atoms with Crippen LogP contribution in [0.1, 0.15) is 6.92 Å². The molecule has 0 aliphatic rings. The summed E-state index contributed by atoms with van der Waals surface area (Å²) in [4.78, 5) is 0. The van der Waals surface area contributed by atoms with Crippen molar-refractivity contribution < 1.29 is 0 Å². The largest absolute Gasteiger partial charge is 0.128 e. The molecular formula is C17H18Si. The predicted octanol–water partition coefficient (Wildman–Crippen LogP) is 2.70. The summed E-state index contributed by atoms with van der Waals surface area (Å²) < 4.78 is 0. The number of hydrogen-bond donors (Lipinski definition) is 0. The summed E-state index contributed by atoms with van der Waals surface area (Å²) >= 11 is 0. The van der Waals surface area contributed by atoms with E-state index >= 15 is 0 Å². The van der Waals surface area contributed by atoms with Gasteiger partial charge < -0.3 is 0 Å².